The van der Waals surface area contributed by atoms with Crippen LogP contribution >= 0.6 is 34.7 Å². The maximum Gasteiger partial charge on any atom is 0.310 e. The van der Waals surface area contributed by atoms with Crippen LogP contribution in [0.25, 0.3) is 5.69 Å². The molecule has 0 aliphatic rings. The van der Waals surface area contributed by atoms with Gasteiger partial charge in [-0.2, -0.15) is 4.57 Å². The zero-order valence-corrected chi connectivity index (χ0v) is 19.7. The Labute approximate surface area is 195 Å². The second-order valence-corrected chi connectivity index (χ2v) is 9.27. The largest absolute Gasteiger partial charge is 0.466 e. The fourth-order valence-electron chi connectivity index (χ4n) is 3.00. The van der Waals surface area contributed by atoms with Crippen LogP contribution in [0.2, 0.25) is 5.02 Å². The molecule has 160 valence electrons. The molecule has 0 bridgehead atoms. The lowest BCUT2D eigenvalue weighted by atomic mass is 10.0. The summed E-state index contributed by atoms with van der Waals surface area (Å²) in [7, 11) is 0. The Hall–Kier alpha value is -2.41. The fraction of sp³-hybridized carbons (Fsp3) is 0.208. The van der Waals surface area contributed by atoms with E-state index < -0.39 is 0 Å². The van der Waals surface area contributed by atoms with E-state index in [2.05, 4.69) is 6.08 Å². The van der Waals surface area contributed by atoms with Crippen LogP contribution in [0.5, 0.6) is 0 Å². The highest BCUT2D eigenvalue weighted by Gasteiger charge is 2.31. The van der Waals surface area contributed by atoms with Crippen LogP contribution in [0.15, 0.2) is 71.2 Å². The van der Waals surface area contributed by atoms with E-state index in [0.717, 1.165) is 15.6 Å². The first-order valence-electron chi connectivity index (χ1n) is 9.87. The highest BCUT2D eigenvalue weighted by molar-refractivity contribution is 8.01. The van der Waals surface area contributed by atoms with Gasteiger partial charge in [0.25, 0.3) is 0 Å². The molecule has 2 aromatic heterocycles. The van der Waals surface area contributed by atoms with Crippen LogP contribution in [0.4, 0.5) is 0 Å². The average Bonchev–Trinajstić information content (AvgIpc) is 3.12. The predicted molar refractivity (Wildman–Crippen MR) is 127 cm³/mol. The zero-order valence-electron chi connectivity index (χ0n) is 17.3. The Morgan fingerprint density at radius 3 is 2.52 bits per heavy atom. The van der Waals surface area contributed by atoms with Crippen LogP contribution in [-0.4, -0.2) is 24.1 Å². The number of hydrogen-bond acceptors (Lipinski definition) is 5. The van der Waals surface area contributed by atoms with Crippen molar-refractivity contribution >= 4 is 46.5 Å². The third-order valence-corrected chi connectivity index (χ3v) is 7.09. The summed E-state index contributed by atoms with van der Waals surface area (Å²) in [6.45, 7) is 4.04. The number of hydrogen-bond donors (Lipinski definition) is 0. The molecule has 2 heterocycles. The summed E-state index contributed by atoms with van der Waals surface area (Å²) >= 11 is 9.05. The molecule has 0 aliphatic carbocycles. The van der Waals surface area contributed by atoms with Gasteiger partial charge in [0, 0.05) is 28.5 Å². The van der Waals surface area contributed by atoms with Gasteiger partial charge in [-0.15, -0.1) is 23.1 Å². The quantitative estimate of drug-likeness (QED) is 0.132. The van der Waals surface area contributed by atoms with E-state index in [4.69, 9.17) is 16.3 Å². The molecule has 0 N–H and O–H groups in total. The summed E-state index contributed by atoms with van der Waals surface area (Å²) in [5.41, 5.74) is 2.07. The van der Waals surface area contributed by atoms with Crippen molar-refractivity contribution in [3.63, 3.8) is 0 Å². The second-order valence-electron chi connectivity index (χ2n) is 6.53. The molecule has 0 atom stereocenters. The number of carbonyl (C=O) groups excluding carboxylic acids is 2. The van der Waals surface area contributed by atoms with Gasteiger partial charge in [0.1, 0.15) is 4.21 Å². The minimum Gasteiger partial charge on any atom is -0.466 e. The van der Waals surface area contributed by atoms with Crippen molar-refractivity contribution in [3.8, 4) is 5.69 Å². The molecule has 1 aromatic carbocycles. The average molecular weight is 473 g/mol. The Bertz CT molecular complexity index is 1080. The van der Waals surface area contributed by atoms with E-state index in [1.165, 1.54) is 11.3 Å². The van der Waals surface area contributed by atoms with Gasteiger partial charge in [0.05, 0.1) is 23.5 Å². The van der Waals surface area contributed by atoms with Gasteiger partial charge >= 0.3 is 5.97 Å². The summed E-state index contributed by atoms with van der Waals surface area (Å²) < 4.78 is 8.15. The van der Waals surface area contributed by atoms with E-state index in [9.17, 15) is 9.59 Å². The van der Waals surface area contributed by atoms with Crippen LogP contribution in [-0.2, 0) is 16.0 Å². The summed E-state index contributed by atoms with van der Waals surface area (Å²) in [5.74, 6) is 0.287. The summed E-state index contributed by atoms with van der Waals surface area (Å²) in [5, 5.41) is 0.567. The minimum absolute atomic E-state index is 0.0282. The highest BCUT2D eigenvalue weighted by atomic mass is 35.5. The van der Waals surface area contributed by atoms with Gasteiger partial charge in [-0.25, -0.2) is 0 Å². The number of rotatable bonds is 9. The van der Waals surface area contributed by atoms with Crippen molar-refractivity contribution in [1.82, 2.24) is 0 Å². The number of thiophene rings is 1. The predicted octanol–water partition coefficient (Wildman–Crippen LogP) is 5.68. The zero-order chi connectivity index (χ0) is 22.2. The van der Waals surface area contributed by atoms with Crippen LogP contribution < -0.4 is 4.57 Å². The first-order chi connectivity index (χ1) is 15.0. The molecular formula is C24H23ClNO3S2+. The lowest BCUT2D eigenvalue weighted by Crippen LogP contribution is -2.31. The third kappa shape index (κ3) is 5.85. The molecule has 0 aliphatic heterocycles. The Morgan fingerprint density at radius 2 is 1.87 bits per heavy atom. The smallest absolute Gasteiger partial charge is 0.310 e. The molecule has 3 rings (SSSR count). The Kier molecular flexibility index (Phi) is 8.46. The number of halogens is 1. The number of esters is 1. The van der Waals surface area contributed by atoms with E-state index >= 15 is 0 Å². The van der Waals surface area contributed by atoms with Crippen molar-refractivity contribution in [3.05, 3.63) is 88.0 Å². The molecule has 4 nitrogen and oxygen atoms in total. The number of carbonyl (C=O) groups is 2. The van der Waals surface area contributed by atoms with Crippen molar-refractivity contribution in [1.29, 1.82) is 0 Å². The van der Waals surface area contributed by atoms with E-state index in [1.807, 2.05) is 48.2 Å². The second kappa shape index (κ2) is 11.3. The topological polar surface area (TPSA) is 47.3 Å². The SMILES string of the molecule is C/C=C/CSc1sc(C(=O)c2ccc(Cl)cc2)c(CC(=O)OCC)c1-[n+]1ccccc1. The van der Waals surface area contributed by atoms with Gasteiger partial charge in [-0.05, 0) is 38.1 Å². The molecule has 31 heavy (non-hydrogen) atoms. The van der Waals surface area contributed by atoms with Gasteiger partial charge in [-0.3, -0.25) is 9.59 Å². The van der Waals surface area contributed by atoms with E-state index in [-0.39, 0.29) is 18.2 Å². The van der Waals surface area contributed by atoms with Crippen molar-refractivity contribution in [2.24, 2.45) is 0 Å². The highest BCUT2D eigenvalue weighted by Crippen LogP contribution is 2.38. The van der Waals surface area contributed by atoms with Gasteiger partial charge in [0.2, 0.25) is 11.5 Å². The van der Waals surface area contributed by atoms with Gasteiger partial charge in [-0.1, -0.05) is 29.8 Å². The molecule has 0 saturated carbocycles. The Morgan fingerprint density at radius 1 is 1.16 bits per heavy atom. The maximum absolute atomic E-state index is 13.4. The van der Waals surface area contributed by atoms with Crippen LogP contribution in [0, 0.1) is 0 Å². The number of allylic oxidation sites excluding steroid dienone is 1. The van der Waals surface area contributed by atoms with Crippen LogP contribution in [0.1, 0.15) is 34.6 Å². The van der Waals surface area contributed by atoms with E-state index in [0.29, 0.717) is 27.6 Å². The van der Waals surface area contributed by atoms with Crippen molar-refractivity contribution in [2.75, 3.05) is 12.4 Å². The van der Waals surface area contributed by atoms with Gasteiger partial charge in [0.15, 0.2) is 12.4 Å². The lowest BCUT2D eigenvalue weighted by molar-refractivity contribution is -0.598. The molecule has 0 fully saturated rings. The number of aromatic nitrogens is 1. The standard InChI is InChI=1S/C24H23ClNO3S2/c1-3-5-15-30-24-21(26-13-7-6-8-14-26)19(16-20(27)29-4-2)23(31-24)22(28)17-9-11-18(25)12-10-17/h3,5-14H,4,15-16H2,1-2H3/q+1/b5-3+. The molecule has 7 heteroatoms. The molecule has 0 spiro atoms. The first kappa shape index (κ1) is 23.3. The molecule has 0 saturated heterocycles. The monoisotopic (exact) mass is 472 g/mol. The summed E-state index contributed by atoms with van der Waals surface area (Å²) in [6, 6.07) is 12.6. The summed E-state index contributed by atoms with van der Waals surface area (Å²) in [6.07, 6.45) is 7.94. The molecule has 0 unspecified atom stereocenters. The fourth-order valence-corrected chi connectivity index (χ4v) is 5.63. The van der Waals surface area contributed by atoms with Crippen LogP contribution in [0.3, 0.4) is 0 Å². The lowest BCUT2D eigenvalue weighted by Gasteiger charge is -2.05. The molecule has 3 aromatic rings. The van der Waals surface area contributed by atoms with Crippen molar-refractivity contribution in [2.45, 2.75) is 24.5 Å². The summed E-state index contributed by atoms with van der Waals surface area (Å²) in [4.78, 5) is 26.4. The van der Waals surface area contributed by atoms with Crippen molar-refractivity contribution < 1.29 is 18.9 Å². The number of thioether (sulfide) groups is 1. The number of pyridine rings is 1. The molecular weight excluding hydrogens is 450 g/mol. The van der Waals surface area contributed by atoms with Gasteiger partial charge < -0.3 is 4.74 Å². The molecule has 0 radical (unpaired) electrons. The van der Waals surface area contributed by atoms with E-state index in [1.54, 1.807) is 43.0 Å². The number of nitrogens with zero attached hydrogens (tertiary/aromatic N) is 1. The normalized spacial score (nSPS) is 11.1. The number of benzene rings is 1. The number of ketones is 1. The number of ether oxygens (including phenoxy) is 1. The maximum atomic E-state index is 13.4. The molecule has 0 amide bonds. The minimum atomic E-state index is -0.353. The third-order valence-electron chi connectivity index (χ3n) is 4.41. The Balaban J connectivity index is 2.16. The first-order valence-corrected chi connectivity index (χ1v) is 12.0.